The number of rotatable bonds is 5. The molecule has 0 saturated carbocycles. The van der Waals surface area contributed by atoms with E-state index in [9.17, 15) is 14.7 Å². The Hall–Kier alpha value is -3.49. The first-order chi connectivity index (χ1) is 13.9. The Morgan fingerprint density at radius 2 is 2.21 bits per heavy atom. The van der Waals surface area contributed by atoms with E-state index in [-0.39, 0.29) is 5.56 Å². The second-order valence-electron chi connectivity index (χ2n) is 7.26. The number of aryl methyl sites for hydroxylation is 2. The third-order valence-corrected chi connectivity index (χ3v) is 5.26. The number of carbonyl (C=O) groups is 1. The van der Waals surface area contributed by atoms with Crippen LogP contribution in [0.25, 0.3) is 11.3 Å². The number of carboxylic acids is 1. The van der Waals surface area contributed by atoms with Crippen molar-refractivity contribution >= 4 is 11.7 Å². The molecule has 9 heteroatoms. The van der Waals surface area contributed by atoms with E-state index in [1.165, 1.54) is 6.07 Å². The Kier molecular flexibility index (Phi) is 4.87. The number of hydrogen-bond donors (Lipinski definition) is 2. The average molecular weight is 395 g/mol. The van der Waals surface area contributed by atoms with Gasteiger partial charge in [-0.3, -0.25) is 14.6 Å². The molecule has 0 aromatic carbocycles. The van der Waals surface area contributed by atoms with Gasteiger partial charge < -0.3 is 14.5 Å². The maximum atomic E-state index is 11.9. The zero-order chi connectivity index (χ0) is 20.5. The van der Waals surface area contributed by atoms with Crippen LogP contribution in [0.4, 0.5) is 5.69 Å². The molecule has 0 aliphatic carbocycles. The van der Waals surface area contributed by atoms with Crippen LogP contribution in [0, 0.1) is 19.8 Å². The Morgan fingerprint density at radius 1 is 1.38 bits per heavy atom. The van der Waals surface area contributed by atoms with E-state index in [1.54, 1.807) is 6.20 Å². The Bertz CT molecular complexity index is 1100. The number of aliphatic carboxylic acids is 1. The molecule has 1 aliphatic rings. The summed E-state index contributed by atoms with van der Waals surface area (Å²) in [5, 5.41) is 20.2. The van der Waals surface area contributed by atoms with Crippen molar-refractivity contribution in [3.05, 3.63) is 57.5 Å². The van der Waals surface area contributed by atoms with Crippen LogP contribution in [0.3, 0.4) is 0 Å². The van der Waals surface area contributed by atoms with Crippen LogP contribution in [-0.2, 0) is 11.2 Å². The molecular formula is C20H21N5O4. The molecule has 4 rings (SSSR count). The highest BCUT2D eigenvalue weighted by atomic mass is 16.5. The Labute approximate surface area is 166 Å². The molecule has 3 aromatic heterocycles. The standard InChI is InChI=1S/C20H21N5O4/c1-11-3-4-13(9-21-11)19-15(12(2)29-24-19)7-16-17(8-18(26)23-22-16)25-6-5-14(10-25)20(27)28/h3-4,8-9,14H,5-7,10H2,1-2H3,(H,23,26)(H,27,28)/t14-/m0/s1. The summed E-state index contributed by atoms with van der Waals surface area (Å²) in [7, 11) is 0. The summed E-state index contributed by atoms with van der Waals surface area (Å²) >= 11 is 0. The van der Waals surface area contributed by atoms with Gasteiger partial charge in [-0.15, -0.1) is 0 Å². The van der Waals surface area contributed by atoms with Crippen LogP contribution in [0.2, 0.25) is 0 Å². The second-order valence-corrected chi connectivity index (χ2v) is 7.26. The van der Waals surface area contributed by atoms with Crippen molar-refractivity contribution in [2.45, 2.75) is 26.7 Å². The van der Waals surface area contributed by atoms with Gasteiger partial charge >= 0.3 is 5.97 Å². The fourth-order valence-electron chi connectivity index (χ4n) is 3.61. The molecule has 0 radical (unpaired) electrons. The van der Waals surface area contributed by atoms with E-state index in [2.05, 4.69) is 20.3 Å². The fourth-order valence-corrected chi connectivity index (χ4v) is 3.61. The molecule has 3 aromatic rings. The molecule has 0 unspecified atom stereocenters. The second kappa shape index (κ2) is 7.50. The van der Waals surface area contributed by atoms with Crippen molar-refractivity contribution in [1.29, 1.82) is 0 Å². The predicted molar refractivity (Wildman–Crippen MR) is 105 cm³/mol. The highest BCUT2D eigenvalue weighted by molar-refractivity contribution is 5.72. The van der Waals surface area contributed by atoms with Crippen molar-refractivity contribution in [3.63, 3.8) is 0 Å². The van der Waals surface area contributed by atoms with Crippen molar-refractivity contribution in [3.8, 4) is 11.3 Å². The molecule has 29 heavy (non-hydrogen) atoms. The van der Waals surface area contributed by atoms with Crippen LogP contribution in [0.1, 0.15) is 29.1 Å². The van der Waals surface area contributed by atoms with Crippen LogP contribution in [-0.4, -0.2) is 44.5 Å². The molecular weight excluding hydrogens is 374 g/mol. The number of pyridine rings is 1. The van der Waals surface area contributed by atoms with Gasteiger partial charge in [-0.1, -0.05) is 5.16 Å². The van der Waals surface area contributed by atoms with E-state index in [1.807, 2.05) is 30.9 Å². The zero-order valence-corrected chi connectivity index (χ0v) is 16.2. The summed E-state index contributed by atoms with van der Waals surface area (Å²) < 4.78 is 5.42. The van der Waals surface area contributed by atoms with E-state index >= 15 is 0 Å². The van der Waals surface area contributed by atoms with Gasteiger partial charge in [-0.25, -0.2) is 5.10 Å². The first-order valence-electron chi connectivity index (χ1n) is 9.37. The highest BCUT2D eigenvalue weighted by Gasteiger charge is 2.30. The third kappa shape index (κ3) is 3.75. The zero-order valence-electron chi connectivity index (χ0n) is 16.2. The number of nitrogens with zero attached hydrogens (tertiary/aromatic N) is 4. The lowest BCUT2D eigenvalue weighted by Crippen LogP contribution is -2.26. The van der Waals surface area contributed by atoms with Gasteiger partial charge in [-0.05, 0) is 32.4 Å². The SMILES string of the molecule is Cc1ccc(-c2noc(C)c2Cc2n[nH]c(=O)cc2N2CC[C@H](C(=O)O)C2)cn1. The fraction of sp³-hybridized carbons (Fsp3) is 0.350. The minimum Gasteiger partial charge on any atom is -0.481 e. The Morgan fingerprint density at radius 3 is 2.90 bits per heavy atom. The lowest BCUT2D eigenvalue weighted by Gasteiger charge is -2.20. The monoisotopic (exact) mass is 395 g/mol. The van der Waals surface area contributed by atoms with Crippen LogP contribution < -0.4 is 10.5 Å². The molecule has 1 saturated heterocycles. The highest BCUT2D eigenvalue weighted by Crippen LogP contribution is 2.31. The van der Waals surface area contributed by atoms with Crippen LogP contribution in [0.15, 0.2) is 33.7 Å². The van der Waals surface area contributed by atoms with Gasteiger partial charge in [0.2, 0.25) is 0 Å². The molecule has 4 heterocycles. The van der Waals surface area contributed by atoms with Gasteiger partial charge in [-0.2, -0.15) is 5.10 Å². The van der Waals surface area contributed by atoms with Crippen LogP contribution in [0.5, 0.6) is 0 Å². The number of H-pyrrole nitrogens is 1. The van der Waals surface area contributed by atoms with Crippen molar-refractivity contribution < 1.29 is 14.4 Å². The largest absolute Gasteiger partial charge is 0.481 e. The van der Waals surface area contributed by atoms with E-state index in [4.69, 9.17) is 4.52 Å². The average Bonchev–Trinajstić information content (AvgIpc) is 3.32. The quantitative estimate of drug-likeness (QED) is 0.671. The predicted octanol–water partition coefficient (Wildman–Crippen LogP) is 1.94. The molecule has 2 N–H and O–H groups in total. The lowest BCUT2D eigenvalue weighted by atomic mass is 10.0. The summed E-state index contributed by atoms with van der Waals surface area (Å²) in [5.74, 6) is -0.617. The molecule has 0 spiro atoms. The summed E-state index contributed by atoms with van der Waals surface area (Å²) in [6, 6.07) is 5.31. The smallest absolute Gasteiger partial charge is 0.308 e. The number of hydrogen-bond acceptors (Lipinski definition) is 7. The molecule has 150 valence electrons. The van der Waals surface area contributed by atoms with Crippen molar-refractivity contribution in [2.75, 3.05) is 18.0 Å². The lowest BCUT2D eigenvalue weighted by molar-refractivity contribution is -0.140. The minimum absolute atomic E-state index is 0.326. The number of anilines is 1. The third-order valence-electron chi connectivity index (χ3n) is 5.26. The summed E-state index contributed by atoms with van der Waals surface area (Å²) in [4.78, 5) is 29.5. The molecule has 0 amide bonds. The topological polar surface area (TPSA) is 125 Å². The number of carboxylic acid groups (broad SMARTS) is 1. The van der Waals surface area contributed by atoms with E-state index in [0.717, 1.165) is 16.8 Å². The first kappa shape index (κ1) is 18.9. The van der Waals surface area contributed by atoms with Gasteiger partial charge in [0, 0.05) is 48.6 Å². The number of nitrogens with one attached hydrogen (secondary N) is 1. The first-order valence-corrected chi connectivity index (χ1v) is 9.37. The Balaban J connectivity index is 1.69. The van der Waals surface area contributed by atoms with Crippen LogP contribution >= 0.6 is 0 Å². The minimum atomic E-state index is -0.823. The molecule has 0 bridgehead atoms. The van der Waals surface area contributed by atoms with Gasteiger partial charge in [0.15, 0.2) is 0 Å². The maximum absolute atomic E-state index is 11.9. The van der Waals surface area contributed by atoms with Gasteiger partial charge in [0.1, 0.15) is 11.5 Å². The maximum Gasteiger partial charge on any atom is 0.308 e. The molecule has 1 atom stereocenters. The van der Waals surface area contributed by atoms with Crippen molar-refractivity contribution in [1.82, 2.24) is 20.3 Å². The van der Waals surface area contributed by atoms with E-state index in [0.29, 0.717) is 48.8 Å². The summed E-state index contributed by atoms with van der Waals surface area (Å²) in [6.07, 6.45) is 2.67. The summed E-state index contributed by atoms with van der Waals surface area (Å²) in [5.41, 5.74) is 4.23. The molecule has 1 fully saturated rings. The molecule has 1 aliphatic heterocycles. The van der Waals surface area contributed by atoms with E-state index < -0.39 is 11.9 Å². The van der Waals surface area contributed by atoms with Gasteiger partial charge in [0.05, 0.1) is 17.3 Å². The normalized spacial score (nSPS) is 16.3. The number of aromatic nitrogens is 4. The molecule has 9 nitrogen and oxygen atoms in total. The van der Waals surface area contributed by atoms with Gasteiger partial charge in [0.25, 0.3) is 5.56 Å². The van der Waals surface area contributed by atoms with Crippen molar-refractivity contribution in [2.24, 2.45) is 5.92 Å². The number of aromatic amines is 1. The summed E-state index contributed by atoms with van der Waals surface area (Å²) in [6.45, 7) is 4.65.